The molecule has 2 N–H and O–H groups in total. The first-order valence-electron chi connectivity index (χ1n) is 11.1. The topological polar surface area (TPSA) is 110 Å². The van der Waals surface area contributed by atoms with Crippen molar-refractivity contribution < 1.29 is 19.1 Å². The molecule has 0 saturated heterocycles. The van der Waals surface area contributed by atoms with Gasteiger partial charge in [-0.15, -0.1) is 21.5 Å². The molecule has 3 aromatic rings. The number of carbonyl (C=O) groups is 3. The molecule has 12 heteroatoms. The fourth-order valence-corrected chi connectivity index (χ4v) is 6.73. The van der Waals surface area contributed by atoms with Crippen molar-refractivity contribution in [2.75, 3.05) is 23.0 Å². The van der Waals surface area contributed by atoms with E-state index in [2.05, 4.69) is 20.8 Å². The van der Waals surface area contributed by atoms with Gasteiger partial charge in [0, 0.05) is 4.88 Å². The summed E-state index contributed by atoms with van der Waals surface area (Å²) >= 11 is 9.89. The van der Waals surface area contributed by atoms with Crippen LogP contribution >= 0.6 is 46.0 Å². The smallest absolute Gasteiger partial charge is 0.341 e. The SMILES string of the molecule is CCOC(=O)c1c(NC(=O)CSc2nnc(NC(=O)c3ccccc3Cl)s2)sc2c1CCCCC2. The van der Waals surface area contributed by atoms with Crippen molar-refractivity contribution in [3.05, 3.63) is 50.9 Å². The number of aromatic nitrogens is 2. The van der Waals surface area contributed by atoms with Gasteiger partial charge in [-0.3, -0.25) is 14.9 Å². The Hall–Kier alpha value is -2.47. The Morgan fingerprint density at radius 2 is 1.89 bits per heavy atom. The maximum Gasteiger partial charge on any atom is 0.341 e. The average molecular weight is 551 g/mol. The monoisotopic (exact) mass is 550 g/mol. The zero-order chi connectivity index (χ0) is 24.8. The number of thioether (sulfide) groups is 1. The summed E-state index contributed by atoms with van der Waals surface area (Å²) in [6.45, 7) is 2.05. The number of nitrogens with zero attached hydrogens (tertiary/aromatic N) is 2. The molecule has 0 aliphatic heterocycles. The van der Waals surface area contributed by atoms with Crippen molar-refractivity contribution in [2.45, 2.75) is 43.4 Å². The Morgan fingerprint density at radius 3 is 2.69 bits per heavy atom. The lowest BCUT2D eigenvalue weighted by Gasteiger charge is -2.08. The zero-order valence-electron chi connectivity index (χ0n) is 18.9. The first kappa shape index (κ1) is 25.6. The van der Waals surface area contributed by atoms with Crippen molar-refractivity contribution in [1.29, 1.82) is 0 Å². The number of hydrogen-bond donors (Lipinski definition) is 2. The standard InChI is InChI=1S/C23H23ClN4O4S3/c1-2-32-21(31)18-14-9-4-3-5-11-16(14)34-20(18)25-17(29)12-33-23-28-27-22(35-23)26-19(30)13-8-6-7-10-15(13)24/h6-8,10H,2-5,9,11-12H2,1H3,(H,25,29)(H,26,27,30). The van der Waals surface area contributed by atoms with Crippen LogP contribution in [0, 0.1) is 0 Å². The maximum atomic E-state index is 12.7. The van der Waals surface area contributed by atoms with Crippen molar-refractivity contribution in [2.24, 2.45) is 0 Å². The highest BCUT2D eigenvalue weighted by Crippen LogP contribution is 2.38. The number of nitrogens with one attached hydrogen (secondary N) is 2. The Kier molecular flexibility index (Phi) is 8.77. The molecule has 2 aromatic heterocycles. The first-order chi connectivity index (χ1) is 17.0. The molecule has 0 bridgehead atoms. The molecule has 1 aliphatic carbocycles. The molecule has 0 fully saturated rings. The van der Waals surface area contributed by atoms with Gasteiger partial charge >= 0.3 is 5.97 Å². The van der Waals surface area contributed by atoms with E-state index in [-0.39, 0.29) is 24.2 Å². The molecule has 35 heavy (non-hydrogen) atoms. The number of anilines is 2. The number of thiophene rings is 1. The lowest BCUT2D eigenvalue weighted by molar-refractivity contribution is -0.113. The number of benzene rings is 1. The highest BCUT2D eigenvalue weighted by Gasteiger charge is 2.26. The van der Waals surface area contributed by atoms with Gasteiger partial charge in [0.05, 0.1) is 28.5 Å². The minimum Gasteiger partial charge on any atom is -0.462 e. The predicted molar refractivity (Wildman–Crippen MR) is 140 cm³/mol. The van der Waals surface area contributed by atoms with E-state index in [9.17, 15) is 14.4 Å². The van der Waals surface area contributed by atoms with Crippen LogP contribution in [0.25, 0.3) is 0 Å². The molecule has 4 rings (SSSR count). The normalized spacial score (nSPS) is 13.0. The van der Waals surface area contributed by atoms with Crippen molar-refractivity contribution in [1.82, 2.24) is 10.2 Å². The third-order valence-corrected chi connectivity index (χ3v) is 8.73. The van der Waals surface area contributed by atoms with E-state index >= 15 is 0 Å². The maximum absolute atomic E-state index is 12.7. The summed E-state index contributed by atoms with van der Waals surface area (Å²) in [6, 6.07) is 6.72. The van der Waals surface area contributed by atoms with E-state index in [0.717, 1.165) is 53.9 Å². The number of rotatable bonds is 8. The largest absolute Gasteiger partial charge is 0.462 e. The molecule has 0 saturated carbocycles. The van der Waals surface area contributed by atoms with Crippen LogP contribution in [0.1, 0.15) is 57.3 Å². The average Bonchev–Trinajstić information content (AvgIpc) is 3.34. The summed E-state index contributed by atoms with van der Waals surface area (Å²) in [4.78, 5) is 38.9. The molecule has 1 aliphatic rings. The number of halogens is 1. The van der Waals surface area contributed by atoms with Gasteiger partial charge < -0.3 is 10.1 Å². The summed E-state index contributed by atoms with van der Waals surface area (Å²) in [5.74, 6) is -0.950. The highest BCUT2D eigenvalue weighted by molar-refractivity contribution is 8.01. The second kappa shape index (κ2) is 12.0. The Bertz CT molecular complexity index is 1240. The van der Waals surface area contributed by atoms with Crippen LogP contribution in [-0.4, -0.2) is 40.3 Å². The quantitative estimate of drug-likeness (QED) is 0.161. The minimum absolute atomic E-state index is 0.0813. The van der Waals surface area contributed by atoms with Crippen LogP contribution in [0.4, 0.5) is 10.1 Å². The lowest BCUT2D eigenvalue weighted by Crippen LogP contribution is -2.16. The molecular formula is C23H23ClN4O4S3. The summed E-state index contributed by atoms with van der Waals surface area (Å²) in [5, 5.41) is 14.8. The number of hydrogen-bond acceptors (Lipinski definition) is 9. The predicted octanol–water partition coefficient (Wildman–Crippen LogP) is 5.68. The second-order valence-corrected chi connectivity index (χ2v) is 11.3. The number of fused-ring (bicyclic) bond motifs is 1. The van der Waals surface area contributed by atoms with E-state index in [1.165, 1.54) is 23.1 Å². The molecule has 2 heterocycles. The number of aryl methyl sites for hydroxylation is 1. The Morgan fingerprint density at radius 1 is 1.09 bits per heavy atom. The molecule has 0 unspecified atom stereocenters. The minimum atomic E-state index is -0.391. The van der Waals surface area contributed by atoms with Gasteiger partial charge in [-0.2, -0.15) is 0 Å². The molecule has 1 aromatic carbocycles. The fourth-order valence-electron chi connectivity index (χ4n) is 3.67. The number of amides is 2. The van der Waals surface area contributed by atoms with E-state index in [0.29, 0.717) is 30.6 Å². The van der Waals surface area contributed by atoms with Gasteiger partial charge in [0.15, 0.2) is 4.34 Å². The third kappa shape index (κ3) is 6.40. The summed E-state index contributed by atoms with van der Waals surface area (Å²) in [6.07, 6.45) is 4.95. The van der Waals surface area contributed by atoms with E-state index in [1.807, 2.05) is 0 Å². The van der Waals surface area contributed by atoms with Gasteiger partial charge in [-0.25, -0.2) is 4.79 Å². The lowest BCUT2D eigenvalue weighted by atomic mass is 10.1. The molecule has 0 radical (unpaired) electrons. The summed E-state index contributed by atoms with van der Waals surface area (Å²) < 4.78 is 5.80. The van der Waals surface area contributed by atoms with Gasteiger partial charge in [-0.1, -0.05) is 53.3 Å². The second-order valence-electron chi connectivity index (χ2n) is 7.63. The Labute approximate surface area is 219 Å². The number of carbonyl (C=O) groups excluding carboxylic acids is 3. The van der Waals surface area contributed by atoms with Crippen LogP contribution in [0.2, 0.25) is 5.02 Å². The number of esters is 1. The third-order valence-electron chi connectivity index (χ3n) is 5.23. The van der Waals surface area contributed by atoms with Crippen LogP contribution in [0.15, 0.2) is 28.6 Å². The van der Waals surface area contributed by atoms with Gasteiger partial charge in [0.2, 0.25) is 11.0 Å². The van der Waals surface area contributed by atoms with Gasteiger partial charge in [0.1, 0.15) is 5.00 Å². The van der Waals surface area contributed by atoms with E-state index < -0.39 is 5.97 Å². The zero-order valence-corrected chi connectivity index (χ0v) is 22.1. The molecule has 184 valence electrons. The summed E-state index contributed by atoms with van der Waals surface area (Å²) in [7, 11) is 0. The molecule has 2 amide bonds. The highest BCUT2D eigenvalue weighted by atomic mass is 35.5. The van der Waals surface area contributed by atoms with Crippen molar-refractivity contribution in [3.63, 3.8) is 0 Å². The van der Waals surface area contributed by atoms with E-state index in [1.54, 1.807) is 31.2 Å². The molecule has 0 spiro atoms. The van der Waals surface area contributed by atoms with Gasteiger partial charge in [-0.05, 0) is 50.3 Å². The van der Waals surface area contributed by atoms with Crippen LogP contribution in [0.5, 0.6) is 0 Å². The van der Waals surface area contributed by atoms with Crippen molar-refractivity contribution >= 4 is 74.0 Å². The van der Waals surface area contributed by atoms with Crippen LogP contribution in [0.3, 0.4) is 0 Å². The first-order valence-corrected chi connectivity index (χ1v) is 14.1. The Balaban J connectivity index is 1.38. The van der Waals surface area contributed by atoms with Crippen LogP contribution in [-0.2, 0) is 22.4 Å². The fraction of sp³-hybridized carbons (Fsp3) is 0.348. The molecular weight excluding hydrogens is 528 g/mol. The van der Waals surface area contributed by atoms with E-state index in [4.69, 9.17) is 16.3 Å². The van der Waals surface area contributed by atoms with Gasteiger partial charge in [0.25, 0.3) is 5.91 Å². The summed E-state index contributed by atoms with van der Waals surface area (Å²) in [5.41, 5.74) is 1.84. The number of ether oxygens (including phenoxy) is 1. The van der Waals surface area contributed by atoms with Crippen LogP contribution < -0.4 is 10.6 Å². The molecule has 0 atom stereocenters. The molecule has 8 nitrogen and oxygen atoms in total. The van der Waals surface area contributed by atoms with Crippen molar-refractivity contribution in [3.8, 4) is 0 Å².